The third kappa shape index (κ3) is 8.70. The molecular formula is C30H43N3O6. The Balaban J connectivity index is 2.54. The summed E-state index contributed by atoms with van der Waals surface area (Å²) in [5.41, 5.74) is 2.56. The first-order valence-corrected chi connectivity index (χ1v) is 13.3. The molecule has 0 aliphatic heterocycles. The minimum Gasteiger partial charge on any atom is -0.507 e. The average molecular weight is 542 g/mol. The van der Waals surface area contributed by atoms with Crippen molar-refractivity contribution in [2.45, 2.75) is 99.1 Å². The molecule has 9 heteroatoms. The molecule has 0 radical (unpaired) electrons. The summed E-state index contributed by atoms with van der Waals surface area (Å²) in [6.07, 6.45) is 6.38. The van der Waals surface area contributed by atoms with E-state index in [1.165, 1.54) is 12.5 Å². The number of Topliss-reactive ketones (excluding diaryl/α,β-unsaturated/α-hetero) is 1. The molecule has 1 amide bonds. The summed E-state index contributed by atoms with van der Waals surface area (Å²) in [7, 11) is 0. The van der Waals surface area contributed by atoms with Gasteiger partial charge in [-0.1, -0.05) is 67.0 Å². The number of imidazole rings is 1. The lowest BCUT2D eigenvalue weighted by molar-refractivity contribution is -0.148. The monoisotopic (exact) mass is 541 g/mol. The summed E-state index contributed by atoms with van der Waals surface area (Å²) in [5.74, 6) is -0.579. The number of benzene rings is 1. The van der Waals surface area contributed by atoms with Crippen molar-refractivity contribution in [1.29, 1.82) is 0 Å². The third-order valence-corrected chi connectivity index (χ3v) is 6.42. The number of rotatable bonds is 9. The molecule has 2 rings (SSSR count). The molecule has 1 heterocycles. The number of esters is 1. The van der Waals surface area contributed by atoms with E-state index in [0.29, 0.717) is 23.2 Å². The largest absolute Gasteiger partial charge is 0.507 e. The number of aromatic nitrogens is 2. The van der Waals surface area contributed by atoms with Gasteiger partial charge in [-0.2, -0.15) is 0 Å². The number of aromatic hydroxyl groups is 1. The van der Waals surface area contributed by atoms with Crippen LogP contribution in [0.2, 0.25) is 0 Å². The van der Waals surface area contributed by atoms with Gasteiger partial charge in [0.05, 0.1) is 6.54 Å². The van der Waals surface area contributed by atoms with Crippen LogP contribution in [0.15, 0.2) is 41.2 Å². The Hall–Kier alpha value is -3.62. The molecule has 0 fully saturated rings. The summed E-state index contributed by atoms with van der Waals surface area (Å²) in [6.45, 7) is 17.1. The van der Waals surface area contributed by atoms with Crippen LogP contribution in [0.5, 0.6) is 5.75 Å². The quantitative estimate of drug-likeness (QED) is 0.186. The summed E-state index contributed by atoms with van der Waals surface area (Å²) < 4.78 is 12.9. The summed E-state index contributed by atoms with van der Waals surface area (Å²) in [4.78, 5) is 41.1. The van der Waals surface area contributed by atoms with E-state index < -0.39 is 18.9 Å². The Bertz CT molecular complexity index is 1260. The van der Waals surface area contributed by atoms with Gasteiger partial charge >= 0.3 is 12.1 Å². The van der Waals surface area contributed by atoms with Gasteiger partial charge in [0.15, 0.2) is 5.78 Å². The molecule has 1 aromatic heterocycles. The molecule has 39 heavy (non-hydrogen) atoms. The van der Waals surface area contributed by atoms with Crippen molar-refractivity contribution in [3.8, 4) is 5.75 Å². The van der Waals surface area contributed by atoms with Gasteiger partial charge in [-0.25, -0.2) is 4.79 Å². The number of hydrogen-bond donors (Lipinski definition) is 1. The van der Waals surface area contributed by atoms with E-state index in [9.17, 15) is 19.5 Å². The Kier molecular flexibility index (Phi) is 10.5. The van der Waals surface area contributed by atoms with Crippen LogP contribution in [0, 0.1) is 0 Å². The molecule has 9 nitrogen and oxygen atoms in total. The number of ketones is 1. The van der Waals surface area contributed by atoms with Gasteiger partial charge in [0.1, 0.15) is 5.75 Å². The van der Waals surface area contributed by atoms with Crippen LogP contribution < -0.4 is 5.62 Å². The molecule has 214 valence electrons. The van der Waals surface area contributed by atoms with Gasteiger partial charge in [0, 0.05) is 42.6 Å². The molecule has 1 aromatic carbocycles. The first-order chi connectivity index (χ1) is 18.1. The molecule has 0 saturated heterocycles. The predicted octanol–water partition coefficient (Wildman–Crippen LogP) is 5.78. The summed E-state index contributed by atoms with van der Waals surface area (Å²) >= 11 is 0. The van der Waals surface area contributed by atoms with Crippen LogP contribution in [0.1, 0.15) is 96.6 Å². The smallest absolute Gasteiger partial charge is 0.439 e. The van der Waals surface area contributed by atoms with Crippen molar-refractivity contribution in [3.63, 3.8) is 0 Å². The van der Waals surface area contributed by atoms with Crippen molar-refractivity contribution in [1.82, 2.24) is 9.13 Å². The molecule has 0 unspecified atom stereocenters. The molecule has 2 aromatic rings. The van der Waals surface area contributed by atoms with Crippen molar-refractivity contribution in [2.24, 2.45) is 4.99 Å². The molecule has 0 aliphatic rings. The van der Waals surface area contributed by atoms with E-state index in [-0.39, 0.29) is 34.5 Å². The number of carbonyl (C=O) groups is 3. The number of nitrogens with zero attached hydrogens (tertiary/aromatic N) is 3. The van der Waals surface area contributed by atoms with Crippen molar-refractivity contribution >= 4 is 17.8 Å². The average Bonchev–Trinajstić information content (AvgIpc) is 3.18. The lowest BCUT2D eigenvalue weighted by Gasteiger charge is -2.28. The van der Waals surface area contributed by atoms with Crippen LogP contribution in [0.25, 0.3) is 0 Å². The van der Waals surface area contributed by atoms with Gasteiger partial charge < -0.3 is 23.7 Å². The minimum absolute atomic E-state index is 0.0842. The maximum absolute atomic E-state index is 13.6. The molecule has 0 saturated carbocycles. The number of carbonyl (C=O) groups excluding carboxylic acids is 3. The van der Waals surface area contributed by atoms with Crippen molar-refractivity contribution in [3.05, 3.63) is 58.5 Å². The predicted molar refractivity (Wildman–Crippen MR) is 150 cm³/mol. The van der Waals surface area contributed by atoms with Crippen LogP contribution in [0.3, 0.4) is 0 Å². The first kappa shape index (κ1) is 31.6. The van der Waals surface area contributed by atoms with E-state index in [0.717, 1.165) is 12.8 Å². The van der Waals surface area contributed by atoms with Crippen LogP contribution in [-0.2, 0) is 38.2 Å². The normalized spacial score (nSPS) is 12.3. The Morgan fingerprint density at radius 1 is 0.923 bits per heavy atom. The van der Waals surface area contributed by atoms with Gasteiger partial charge in [-0.15, -0.1) is 4.99 Å². The van der Waals surface area contributed by atoms with Crippen molar-refractivity contribution < 1.29 is 29.0 Å². The number of amides is 1. The van der Waals surface area contributed by atoms with E-state index in [1.54, 1.807) is 33.7 Å². The SMILES string of the molecule is CCC(=CCn1ccn(CC(=O)c2cc(C(C)(C)C)c(O)c(C(C)(C)C)c2)c1=NC(=O)OCOC(C)=O)CC. The van der Waals surface area contributed by atoms with Crippen LogP contribution in [-0.4, -0.2) is 38.9 Å². The fourth-order valence-electron chi connectivity index (χ4n) is 4.08. The highest BCUT2D eigenvalue weighted by molar-refractivity contribution is 5.96. The lowest BCUT2D eigenvalue weighted by atomic mass is 9.78. The number of phenolic OH excluding ortho intramolecular Hbond substituents is 1. The number of phenols is 1. The zero-order valence-corrected chi connectivity index (χ0v) is 24.8. The maximum Gasteiger partial charge on any atom is 0.439 e. The van der Waals surface area contributed by atoms with Crippen molar-refractivity contribution in [2.75, 3.05) is 6.79 Å². The number of ether oxygens (including phenoxy) is 2. The second-order valence-corrected chi connectivity index (χ2v) is 11.6. The molecule has 0 spiro atoms. The minimum atomic E-state index is -0.942. The highest BCUT2D eigenvalue weighted by atomic mass is 16.7. The van der Waals surface area contributed by atoms with E-state index in [4.69, 9.17) is 4.74 Å². The van der Waals surface area contributed by atoms with Crippen LogP contribution in [0.4, 0.5) is 4.79 Å². The Morgan fingerprint density at radius 2 is 1.46 bits per heavy atom. The molecule has 0 aliphatic carbocycles. The topological polar surface area (TPSA) is 112 Å². The second-order valence-electron chi connectivity index (χ2n) is 11.6. The zero-order valence-electron chi connectivity index (χ0n) is 24.8. The lowest BCUT2D eigenvalue weighted by Crippen LogP contribution is -2.30. The fraction of sp³-hybridized carbons (Fsp3) is 0.533. The molecule has 0 bridgehead atoms. The van der Waals surface area contributed by atoms with Gasteiger partial charge in [0.2, 0.25) is 12.4 Å². The molecular weight excluding hydrogens is 498 g/mol. The van der Waals surface area contributed by atoms with Crippen LogP contribution >= 0.6 is 0 Å². The maximum atomic E-state index is 13.6. The van der Waals surface area contributed by atoms with E-state index >= 15 is 0 Å². The second kappa shape index (κ2) is 13.0. The number of allylic oxidation sites excluding steroid dienone is 2. The molecule has 1 N–H and O–H groups in total. The first-order valence-electron chi connectivity index (χ1n) is 13.3. The zero-order chi connectivity index (χ0) is 29.5. The molecule has 0 atom stereocenters. The van der Waals surface area contributed by atoms with Gasteiger partial charge in [-0.05, 0) is 35.8 Å². The van der Waals surface area contributed by atoms with Gasteiger partial charge in [0.25, 0.3) is 0 Å². The summed E-state index contributed by atoms with van der Waals surface area (Å²) in [5, 5.41) is 11.0. The van der Waals surface area contributed by atoms with E-state index in [1.807, 2.05) is 41.5 Å². The Labute approximate surface area is 231 Å². The number of hydrogen-bond acceptors (Lipinski definition) is 6. The Morgan fingerprint density at radius 3 is 1.95 bits per heavy atom. The third-order valence-electron chi connectivity index (χ3n) is 6.42. The fourth-order valence-corrected chi connectivity index (χ4v) is 4.08. The highest BCUT2D eigenvalue weighted by Gasteiger charge is 2.28. The standard InChI is InChI=1S/C30H43N3O6/c1-10-21(11-2)12-13-32-14-15-33(27(32)31-28(37)39-19-38-20(3)34)18-25(35)22-16-23(29(4,5)6)26(36)24(17-22)30(7,8)9/h12,14-17,36H,10-11,13,18-19H2,1-9H3. The highest BCUT2D eigenvalue weighted by Crippen LogP contribution is 2.39. The van der Waals surface area contributed by atoms with Gasteiger partial charge in [-0.3, -0.25) is 9.59 Å². The summed E-state index contributed by atoms with van der Waals surface area (Å²) in [6, 6.07) is 3.48. The van der Waals surface area contributed by atoms with E-state index in [2.05, 4.69) is 29.7 Å².